The second-order valence-corrected chi connectivity index (χ2v) is 5.30. The van der Waals surface area contributed by atoms with Crippen LogP contribution in [0.4, 0.5) is 0 Å². The van der Waals surface area contributed by atoms with Gasteiger partial charge in [0.1, 0.15) is 12.7 Å². The highest BCUT2D eigenvalue weighted by Crippen LogP contribution is 2.10. The maximum atomic E-state index is 12.0. The van der Waals surface area contributed by atoms with Gasteiger partial charge in [-0.15, -0.1) is 5.10 Å². The van der Waals surface area contributed by atoms with Crippen molar-refractivity contribution in [2.24, 2.45) is 0 Å². The molecule has 8 nitrogen and oxygen atoms in total. The molecule has 9 heteroatoms. The Bertz CT molecular complexity index is 906. The summed E-state index contributed by atoms with van der Waals surface area (Å²) in [6, 6.07) is 9.58. The second kappa shape index (κ2) is 7.05. The first-order valence-electron chi connectivity index (χ1n) is 7.10. The number of halogens is 1. The zero-order valence-corrected chi connectivity index (χ0v) is 13.2. The monoisotopic (exact) mass is 344 g/mol. The number of nitrogens with one attached hydrogen (secondary N) is 1. The predicted molar refractivity (Wildman–Crippen MR) is 87.2 cm³/mol. The van der Waals surface area contributed by atoms with Crippen LogP contribution in [0.2, 0.25) is 5.02 Å². The number of carbonyl (C=O) groups excluding carboxylic acids is 1. The van der Waals surface area contributed by atoms with Crippen molar-refractivity contribution >= 4 is 17.5 Å². The number of amides is 1. The molecule has 1 N–H and O–H groups in total. The second-order valence-electron chi connectivity index (χ2n) is 4.86. The van der Waals surface area contributed by atoms with Crippen LogP contribution >= 0.6 is 11.6 Å². The van der Waals surface area contributed by atoms with Crippen molar-refractivity contribution in [1.82, 2.24) is 29.9 Å². The fourth-order valence-electron chi connectivity index (χ4n) is 2.05. The molecular weight excluding hydrogens is 332 g/mol. The van der Waals surface area contributed by atoms with Crippen molar-refractivity contribution in [3.63, 3.8) is 0 Å². The van der Waals surface area contributed by atoms with Crippen LogP contribution in [-0.2, 0) is 6.54 Å². The van der Waals surface area contributed by atoms with Gasteiger partial charge in [-0.2, -0.15) is 5.10 Å². The van der Waals surface area contributed by atoms with Gasteiger partial charge < -0.3 is 5.32 Å². The average Bonchev–Trinajstić information content (AvgIpc) is 3.11. The van der Waals surface area contributed by atoms with E-state index in [1.165, 1.54) is 28.1 Å². The zero-order valence-electron chi connectivity index (χ0n) is 12.5. The predicted octanol–water partition coefficient (Wildman–Crippen LogP) is 0.907. The Kier molecular flexibility index (Phi) is 4.66. The van der Waals surface area contributed by atoms with Gasteiger partial charge in [-0.1, -0.05) is 17.7 Å². The molecule has 0 aliphatic rings. The van der Waals surface area contributed by atoms with Crippen molar-refractivity contribution < 1.29 is 4.79 Å². The standard InChI is InChI=1S/C15H13ClN6O2/c16-12-3-1-2-11(8-12)15(24)18-6-7-21-14(23)5-4-13(20-21)22-10-17-9-19-22/h1-5,8-10H,6-7H2,(H,18,24). The lowest BCUT2D eigenvalue weighted by Gasteiger charge is -2.08. The first-order chi connectivity index (χ1) is 11.6. The maximum absolute atomic E-state index is 12.0. The van der Waals surface area contributed by atoms with E-state index < -0.39 is 0 Å². The summed E-state index contributed by atoms with van der Waals surface area (Å²) in [5, 5.41) is 11.4. The number of benzene rings is 1. The molecule has 0 saturated heterocycles. The molecule has 0 fully saturated rings. The van der Waals surface area contributed by atoms with E-state index in [1.54, 1.807) is 30.3 Å². The van der Waals surface area contributed by atoms with Crippen LogP contribution < -0.4 is 10.9 Å². The summed E-state index contributed by atoms with van der Waals surface area (Å²) in [7, 11) is 0. The number of rotatable bonds is 5. The van der Waals surface area contributed by atoms with Crippen LogP contribution in [0, 0.1) is 0 Å². The van der Waals surface area contributed by atoms with Gasteiger partial charge in [0.25, 0.3) is 11.5 Å². The highest BCUT2D eigenvalue weighted by atomic mass is 35.5. The Balaban J connectivity index is 1.65. The zero-order chi connectivity index (χ0) is 16.9. The minimum Gasteiger partial charge on any atom is -0.350 e. The summed E-state index contributed by atoms with van der Waals surface area (Å²) in [6.07, 6.45) is 2.86. The molecule has 24 heavy (non-hydrogen) atoms. The van der Waals surface area contributed by atoms with E-state index in [4.69, 9.17) is 11.6 Å². The van der Waals surface area contributed by atoms with Crippen molar-refractivity contribution in [2.75, 3.05) is 6.54 Å². The van der Waals surface area contributed by atoms with Gasteiger partial charge in [-0.3, -0.25) is 9.59 Å². The quantitative estimate of drug-likeness (QED) is 0.742. The van der Waals surface area contributed by atoms with E-state index in [1.807, 2.05) is 0 Å². The van der Waals surface area contributed by atoms with Gasteiger partial charge in [-0.25, -0.2) is 14.3 Å². The van der Waals surface area contributed by atoms with E-state index in [0.29, 0.717) is 16.4 Å². The summed E-state index contributed by atoms with van der Waals surface area (Å²) in [5.41, 5.74) is 0.190. The Hall–Kier alpha value is -3.00. The molecule has 0 spiro atoms. The van der Waals surface area contributed by atoms with Crippen LogP contribution in [0.1, 0.15) is 10.4 Å². The summed E-state index contributed by atoms with van der Waals surface area (Å²) in [4.78, 5) is 27.7. The topological polar surface area (TPSA) is 94.7 Å². The summed E-state index contributed by atoms with van der Waals surface area (Å²) in [5.74, 6) is 0.200. The van der Waals surface area contributed by atoms with Crippen molar-refractivity contribution in [3.8, 4) is 5.82 Å². The van der Waals surface area contributed by atoms with E-state index in [2.05, 4.69) is 20.5 Å². The molecule has 0 aliphatic heterocycles. The maximum Gasteiger partial charge on any atom is 0.266 e. The van der Waals surface area contributed by atoms with Crippen molar-refractivity contribution in [1.29, 1.82) is 0 Å². The molecule has 0 unspecified atom stereocenters. The Labute approximate surface area is 141 Å². The van der Waals surface area contributed by atoms with Gasteiger partial charge in [0.05, 0.1) is 6.54 Å². The molecule has 0 saturated carbocycles. The van der Waals surface area contributed by atoms with Crippen LogP contribution in [-0.4, -0.2) is 37.0 Å². The fraction of sp³-hybridized carbons (Fsp3) is 0.133. The first kappa shape index (κ1) is 15.9. The molecule has 2 aromatic heterocycles. The summed E-state index contributed by atoms with van der Waals surface area (Å²) < 4.78 is 2.70. The molecule has 2 heterocycles. The third-order valence-corrected chi connectivity index (χ3v) is 3.44. The number of aromatic nitrogens is 5. The summed E-state index contributed by atoms with van der Waals surface area (Å²) >= 11 is 5.86. The van der Waals surface area contributed by atoms with E-state index in [-0.39, 0.29) is 24.6 Å². The van der Waals surface area contributed by atoms with Crippen molar-refractivity contribution in [2.45, 2.75) is 6.54 Å². The SMILES string of the molecule is O=C(NCCn1nc(-n2cncn2)ccc1=O)c1cccc(Cl)c1. The van der Waals surface area contributed by atoms with Crippen LogP contribution in [0.3, 0.4) is 0 Å². The third-order valence-electron chi connectivity index (χ3n) is 3.20. The fourth-order valence-corrected chi connectivity index (χ4v) is 2.24. The minimum atomic E-state index is -0.268. The lowest BCUT2D eigenvalue weighted by atomic mass is 10.2. The van der Waals surface area contributed by atoms with E-state index in [9.17, 15) is 9.59 Å². The van der Waals surface area contributed by atoms with Gasteiger partial charge in [0.2, 0.25) is 0 Å². The van der Waals surface area contributed by atoms with Crippen molar-refractivity contribution in [3.05, 3.63) is 70.0 Å². The van der Waals surface area contributed by atoms with E-state index in [0.717, 1.165) is 0 Å². The third kappa shape index (κ3) is 3.66. The van der Waals surface area contributed by atoms with Gasteiger partial charge >= 0.3 is 0 Å². The smallest absolute Gasteiger partial charge is 0.266 e. The molecule has 1 amide bonds. The molecule has 122 valence electrons. The molecule has 3 aromatic rings. The molecule has 3 rings (SSSR count). The Morgan fingerprint density at radius 3 is 2.88 bits per heavy atom. The van der Waals surface area contributed by atoms with Gasteiger partial charge in [-0.05, 0) is 24.3 Å². The summed E-state index contributed by atoms with van der Waals surface area (Å²) in [6.45, 7) is 0.479. The van der Waals surface area contributed by atoms with Gasteiger partial charge in [0.15, 0.2) is 5.82 Å². The molecule has 0 bridgehead atoms. The first-order valence-corrected chi connectivity index (χ1v) is 7.48. The minimum absolute atomic E-state index is 0.230. The number of nitrogens with zero attached hydrogens (tertiary/aromatic N) is 5. The Morgan fingerprint density at radius 2 is 2.12 bits per heavy atom. The normalized spacial score (nSPS) is 10.5. The highest BCUT2D eigenvalue weighted by molar-refractivity contribution is 6.30. The largest absolute Gasteiger partial charge is 0.350 e. The lowest BCUT2D eigenvalue weighted by molar-refractivity contribution is 0.0951. The van der Waals surface area contributed by atoms with Crippen LogP contribution in [0.15, 0.2) is 53.8 Å². The Morgan fingerprint density at radius 1 is 1.25 bits per heavy atom. The molecule has 0 aliphatic carbocycles. The average molecular weight is 345 g/mol. The van der Waals surface area contributed by atoms with Crippen LogP contribution in [0.5, 0.6) is 0 Å². The van der Waals surface area contributed by atoms with E-state index >= 15 is 0 Å². The molecular formula is C15H13ClN6O2. The number of hydrogen-bond acceptors (Lipinski definition) is 5. The lowest BCUT2D eigenvalue weighted by Crippen LogP contribution is -2.32. The molecule has 0 radical (unpaired) electrons. The van der Waals surface area contributed by atoms with Crippen LogP contribution in [0.25, 0.3) is 5.82 Å². The highest BCUT2D eigenvalue weighted by Gasteiger charge is 2.07. The van der Waals surface area contributed by atoms with Gasteiger partial charge in [0, 0.05) is 23.2 Å². The molecule has 0 atom stereocenters. The molecule has 1 aromatic carbocycles. The number of hydrogen-bond donors (Lipinski definition) is 1. The number of carbonyl (C=O) groups is 1.